The highest BCUT2D eigenvalue weighted by molar-refractivity contribution is 5.39. The van der Waals surface area contributed by atoms with Crippen LogP contribution >= 0.6 is 0 Å². The third-order valence-corrected chi connectivity index (χ3v) is 2.92. The van der Waals surface area contributed by atoms with Crippen molar-refractivity contribution in [2.75, 3.05) is 0 Å². The summed E-state index contributed by atoms with van der Waals surface area (Å²) in [6, 6.07) is 9.86. The van der Waals surface area contributed by atoms with Crippen LogP contribution < -0.4 is 0 Å². The van der Waals surface area contributed by atoms with Crippen LogP contribution in [-0.2, 0) is 15.7 Å². The summed E-state index contributed by atoms with van der Waals surface area (Å²) in [5.41, 5.74) is 0.807. The molecule has 0 amide bonds. The second-order valence-corrected chi connectivity index (χ2v) is 5.08. The van der Waals surface area contributed by atoms with E-state index in [0.717, 1.165) is 11.1 Å². The van der Waals surface area contributed by atoms with Crippen LogP contribution in [0, 0.1) is 11.3 Å². The fourth-order valence-corrected chi connectivity index (χ4v) is 1.54. The van der Waals surface area contributed by atoms with Gasteiger partial charge in [-0.3, -0.25) is 0 Å². The van der Waals surface area contributed by atoms with E-state index in [1.165, 1.54) is 0 Å². The summed E-state index contributed by atoms with van der Waals surface area (Å²) in [5, 5.41) is 9.04. The largest absolute Gasteiger partial charge is 0.235 e. The van der Waals surface area contributed by atoms with Crippen molar-refractivity contribution in [2.24, 2.45) is 4.99 Å². The number of aliphatic imine (C=N–C) groups is 1. The molecule has 0 saturated heterocycles. The molecule has 17 heavy (non-hydrogen) atoms. The van der Waals surface area contributed by atoms with Crippen LogP contribution in [0.5, 0.6) is 0 Å². The first kappa shape index (κ1) is 13.2. The minimum Gasteiger partial charge on any atom is -0.211 e. The van der Waals surface area contributed by atoms with Crippen molar-refractivity contribution in [1.29, 1.82) is 5.26 Å². The van der Waals surface area contributed by atoms with Crippen molar-refractivity contribution < 1.29 is 4.79 Å². The Kier molecular flexibility index (Phi) is 3.50. The van der Waals surface area contributed by atoms with Gasteiger partial charge < -0.3 is 0 Å². The second kappa shape index (κ2) is 4.53. The van der Waals surface area contributed by atoms with Crippen molar-refractivity contribution in [2.45, 2.75) is 38.6 Å². The Balaban J connectivity index is 3.14. The van der Waals surface area contributed by atoms with E-state index in [1.54, 1.807) is 6.08 Å². The zero-order chi connectivity index (χ0) is 13.1. The lowest BCUT2D eigenvalue weighted by Crippen LogP contribution is -2.16. The number of hydrogen-bond donors (Lipinski definition) is 0. The van der Waals surface area contributed by atoms with Crippen molar-refractivity contribution in [3.63, 3.8) is 0 Å². The molecule has 0 radical (unpaired) electrons. The van der Waals surface area contributed by atoms with Gasteiger partial charge in [-0.2, -0.15) is 10.3 Å². The fourth-order valence-electron chi connectivity index (χ4n) is 1.54. The fraction of sp³-hybridized carbons (Fsp3) is 0.429. The summed E-state index contributed by atoms with van der Waals surface area (Å²) in [6.45, 7) is 7.44. The lowest BCUT2D eigenvalue weighted by atomic mass is 9.84. The van der Waals surface area contributed by atoms with Crippen molar-refractivity contribution >= 4 is 6.08 Å². The highest BCUT2D eigenvalue weighted by Crippen LogP contribution is 2.28. The normalized spacial score (nSPS) is 11.5. The van der Waals surface area contributed by atoms with Gasteiger partial charge in [-0.15, -0.1) is 0 Å². The minimum atomic E-state index is -0.572. The van der Waals surface area contributed by atoms with E-state index in [-0.39, 0.29) is 0 Å². The van der Waals surface area contributed by atoms with E-state index in [0.29, 0.717) is 0 Å². The predicted octanol–water partition coefficient (Wildman–Crippen LogP) is 3.06. The standard InChI is InChI=1S/C14H16N2O/c1-13(2,9-15)11-5-7-12(8-6-11)14(3,4)16-10-17/h5-8H,1-4H3. The van der Waals surface area contributed by atoms with Gasteiger partial charge in [-0.05, 0) is 38.8 Å². The van der Waals surface area contributed by atoms with E-state index in [9.17, 15) is 4.79 Å². The molecule has 0 unspecified atom stereocenters. The molecule has 0 N–H and O–H groups in total. The first-order valence-electron chi connectivity index (χ1n) is 5.45. The molecule has 0 fully saturated rings. The van der Waals surface area contributed by atoms with Crippen LogP contribution in [0.4, 0.5) is 0 Å². The molecule has 0 aliphatic carbocycles. The third-order valence-electron chi connectivity index (χ3n) is 2.92. The smallest absolute Gasteiger partial charge is 0.211 e. The zero-order valence-electron chi connectivity index (χ0n) is 10.6. The van der Waals surface area contributed by atoms with Gasteiger partial charge >= 0.3 is 0 Å². The van der Waals surface area contributed by atoms with Crippen molar-refractivity contribution in [3.05, 3.63) is 35.4 Å². The molecule has 0 aromatic heterocycles. The van der Waals surface area contributed by atoms with Gasteiger partial charge in [-0.25, -0.2) is 4.79 Å². The number of rotatable bonds is 3. The molecule has 0 atom stereocenters. The van der Waals surface area contributed by atoms with Gasteiger partial charge in [0.25, 0.3) is 0 Å². The maximum absolute atomic E-state index is 10.3. The van der Waals surface area contributed by atoms with E-state index in [1.807, 2.05) is 52.0 Å². The van der Waals surface area contributed by atoms with Gasteiger partial charge in [0.2, 0.25) is 6.08 Å². The van der Waals surface area contributed by atoms with Crippen LogP contribution in [0.3, 0.4) is 0 Å². The summed E-state index contributed by atoms with van der Waals surface area (Å²) >= 11 is 0. The number of carbonyl (C=O) groups excluding carboxylic acids is 1. The summed E-state index contributed by atoms with van der Waals surface area (Å²) in [5.74, 6) is 0. The number of isocyanates is 1. The molecule has 1 aromatic carbocycles. The Labute approximate surface area is 102 Å². The molecular weight excluding hydrogens is 212 g/mol. The Bertz CT molecular complexity index is 486. The Morgan fingerprint density at radius 1 is 1.06 bits per heavy atom. The maximum Gasteiger partial charge on any atom is 0.235 e. The van der Waals surface area contributed by atoms with E-state index in [4.69, 9.17) is 5.26 Å². The molecule has 0 aliphatic rings. The number of nitriles is 1. The lowest BCUT2D eigenvalue weighted by molar-refractivity contribution is 0.522. The van der Waals surface area contributed by atoms with E-state index >= 15 is 0 Å². The van der Waals surface area contributed by atoms with E-state index in [2.05, 4.69) is 11.1 Å². The summed E-state index contributed by atoms with van der Waals surface area (Å²) in [4.78, 5) is 14.1. The van der Waals surface area contributed by atoms with Crippen LogP contribution in [0.25, 0.3) is 0 Å². The molecule has 3 heteroatoms. The summed E-state index contributed by atoms with van der Waals surface area (Å²) in [7, 11) is 0. The molecule has 1 aromatic rings. The average molecular weight is 228 g/mol. The van der Waals surface area contributed by atoms with Crippen LogP contribution in [0.1, 0.15) is 38.8 Å². The molecule has 0 bridgehead atoms. The first-order chi connectivity index (χ1) is 7.83. The second-order valence-electron chi connectivity index (χ2n) is 5.08. The monoisotopic (exact) mass is 228 g/mol. The molecule has 0 saturated carbocycles. The van der Waals surface area contributed by atoms with Gasteiger partial charge in [0.15, 0.2) is 0 Å². The van der Waals surface area contributed by atoms with E-state index < -0.39 is 11.0 Å². The van der Waals surface area contributed by atoms with Crippen LogP contribution in [-0.4, -0.2) is 6.08 Å². The molecular formula is C14H16N2O. The molecule has 0 heterocycles. The zero-order valence-corrected chi connectivity index (χ0v) is 10.6. The minimum absolute atomic E-state index is 0.503. The summed E-state index contributed by atoms with van der Waals surface area (Å²) < 4.78 is 0. The summed E-state index contributed by atoms with van der Waals surface area (Å²) in [6.07, 6.45) is 1.59. The number of hydrogen-bond acceptors (Lipinski definition) is 3. The molecule has 88 valence electrons. The SMILES string of the molecule is CC(C)(C#N)c1ccc(C(C)(C)N=C=O)cc1. The highest BCUT2D eigenvalue weighted by atomic mass is 16.1. The van der Waals surface area contributed by atoms with Crippen molar-refractivity contribution in [1.82, 2.24) is 0 Å². The predicted molar refractivity (Wildman–Crippen MR) is 66.2 cm³/mol. The van der Waals surface area contributed by atoms with Gasteiger partial charge in [-0.1, -0.05) is 24.3 Å². The Morgan fingerprint density at radius 3 is 1.94 bits per heavy atom. The Hall–Kier alpha value is -1.91. The average Bonchev–Trinajstić information content (AvgIpc) is 2.29. The molecule has 0 spiro atoms. The molecule has 3 nitrogen and oxygen atoms in total. The lowest BCUT2D eigenvalue weighted by Gasteiger charge is -2.20. The maximum atomic E-state index is 10.3. The number of nitrogens with zero attached hydrogens (tertiary/aromatic N) is 2. The third kappa shape index (κ3) is 2.81. The highest BCUT2D eigenvalue weighted by Gasteiger charge is 2.22. The number of benzene rings is 1. The molecule has 0 aliphatic heterocycles. The Morgan fingerprint density at radius 2 is 1.53 bits per heavy atom. The van der Waals surface area contributed by atoms with Crippen molar-refractivity contribution in [3.8, 4) is 6.07 Å². The first-order valence-corrected chi connectivity index (χ1v) is 5.45. The van der Waals surface area contributed by atoms with Crippen LogP contribution in [0.2, 0.25) is 0 Å². The molecule has 1 rings (SSSR count). The quantitative estimate of drug-likeness (QED) is 0.589. The van der Waals surface area contributed by atoms with Gasteiger partial charge in [0.1, 0.15) is 0 Å². The topological polar surface area (TPSA) is 53.2 Å². The van der Waals surface area contributed by atoms with Gasteiger partial charge in [0.05, 0.1) is 17.0 Å². The van der Waals surface area contributed by atoms with Crippen LogP contribution in [0.15, 0.2) is 29.3 Å². The van der Waals surface area contributed by atoms with Gasteiger partial charge in [0, 0.05) is 0 Å².